The van der Waals surface area contributed by atoms with Crippen LogP contribution in [0.15, 0.2) is 18.5 Å². The van der Waals surface area contributed by atoms with E-state index in [9.17, 15) is 4.79 Å². The minimum Gasteiger partial charge on any atom is -0.359 e. The quantitative estimate of drug-likeness (QED) is 0.744. The molecule has 2 aromatic rings. The van der Waals surface area contributed by atoms with Gasteiger partial charge in [0.2, 0.25) is 5.91 Å². The zero-order chi connectivity index (χ0) is 13.0. The molecule has 2 aromatic heterocycles. The molecule has 0 aliphatic rings. The molecule has 6 heteroatoms. The van der Waals surface area contributed by atoms with Gasteiger partial charge in [0.15, 0.2) is 5.65 Å². The van der Waals surface area contributed by atoms with Crippen molar-refractivity contribution in [2.24, 2.45) is 0 Å². The normalized spacial score (nSPS) is 10.8. The van der Waals surface area contributed by atoms with E-state index in [1.54, 1.807) is 11.6 Å². The fraction of sp³-hybridized carbons (Fsp3) is 0.417. The third kappa shape index (κ3) is 3.04. The highest BCUT2D eigenvalue weighted by atomic mass is 16.1. The third-order valence-electron chi connectivity index (χ3n) is 2.63. The fourth-order valence-corrected chi connectivity index (χ4v) is 1.68. The van der Waals surface area contributed by atoms with Crippen LogP contribution in [0.5, 0.6) is 0 Å². The van der Waals surface area contributed by atoms with Crippen LogP contribution in [0.4, 0.5) is 0 Å². The minimum atomic E-state index is 0.0405. The maximum absolute atomic E-state index is 11.0. The van der Waals surface area contributed by atoms with Crippen LogP contribution < -0.4 is 10.6 Å². The van der Waals surface area contributed by atoms with Gasteiger partial charge in [0.1, 0.15) is 0 Å². The molecule has 0 spiro atoms. The number of aromatic nitrogens is 3. The molecule has 0 saturated heterocycles. The second kappa shape index (κ2) is 5.59. The van der Waals surface area contributed by atoms with Gasteiger partial charge < -0.3 is 10.6 Å². The Bertz CT molecular complexity index is 548. The van der Waals surface area contributed by atoms with Crippen LogP contribution in [0.3, 0.4) is 0 Å². The lowest BCUT2D eigenvalue weighted by molar-refractivity contribution is -0.120. The maximum Gasteiger partial charge on any atom is 0.221 e. The molecular weight excluding hydrogens is 230 g/mol. The van der Waals surface area contributed by atoms with Crippen LogP contribution in [-0.2, 0) is 11.3 Å². The molecule has 96 valence electrons. The van der Waals surface area contributed by atoms with Crippen LogP contribution in [-0.4, -0.2) is 34.1 Å². The fourth-order valence-electron chi connectivity index (χ4n) is 1.68. The predicted molar refractivity (Wildman–Crippen MR) is 68.1 cm³/mol. The molecule has 2 heterocycles. The zero-order valence-electron chi connectivity index (χ0n) is 10.6. The number of nitrogens with zero attached hydrogens (tertiary/aromatic N) is 3. The Balaban J connectivity index is 1.89. The highest BCUT2D eigenvalue weighted by Crippen LogP contribution is 2.04. The van der Waals surface area contributed by atoms with Gasteiger partial charge in [-0.2, -0.15) is 5.10 Å². The highest BCUT2D eigenvalue weighted by Gasteiger charge is 2.01. The van der Waals surface area contributed by atoms with Crippen LogP contribution in [0.2, 0.25) is 0 Å². The molecule has 2 N–H and O–H groups in total. The van der Waals surface area contributed by atoms with Gasteiger partial charge in [0.05, 0.1) is 5.69 Å². The Hall–Kier alpha value is -1.95. The summed E-state index contributed by atoms with van der Waals surface area (Å²) in [5, 5.41) is 10.1. The number of rotatable bonds is 5. The van der Waals surface area contributed by atoms with Crippen molar-refractivity contribution in [3.63, 3.8) is 0 Å². The summed E-state index contributed by atoms with van der Waals surface area (Å²) < 4.78 is 1.77. The number of nitrogens with one attached hydrogen (secondary N) is 2. The van der Waals surface area contributed by atoms with Gasteiger partial charge in [0.25, 0.3) is 0 Å². The Kier molecular flexibility index (Phi) is 3.88. The van der Waals surface area contributed by atoms with E-state index in [2.05, 4.69) is 20.7 Å². The van der Waals surface area contributed by atoms with Crippen LogP contribution in [0.25, 0.3) is 5.65 Å². The van der Waals surface area contributed by atoms with Crippen molar-refractivity contribution in [3.8, 4) is 0 Å². The van der Waals surface area contributed by atoms with Gasteiger partial charge in [-0.3, -0.25) is 4.79 Å². The summed E-state index contributed by atoms with van der Waals surface area (Å²) in [5.74, 6) is 0.0405. The van der Waals surface area contributed by atoms with Gasteiger partial charge in [-0.1, -0.05) is 0 Å². The Labute approximate surface area is 105 Å². The van der Waals surface area contributed by atoms with E-state index in [-0.39, 0.29) is 5.91 Å². The predicted octanol–water partition coefficient (Wildman–Crippen LogP) is 0.263. The van der Waals surface area contributed by atoms with Crippen molar-refractivity contribution in [1.82, 2.24) is 25.2 Å². The lowest BCUT2D eigenvalue weighted by Crippen LogP contribution is -2.24. The van der Waals surface area contributed by atoms with Crippen LogP contribution in [0, 0.1) is 6.92 Å². The van der Waals surface area contributed by atoms with Crippen molar-refractivity contribution in [3.05, 3.63) is 29.7 Å². The number of amides is 1. The van der Waals surface area contributed by atoms with Crippen molar-refractivity contribution >= 4 is 11.6 Å². The molecule has 0 unspecified atom stereocenters. The number of hydrogen-bond acceptors (Lipinski definition) is 4. The van der Waals surface area contributed by atoms with Crippen LogP contribution in [0.1, 0.15) is 17.7 Å². The average Bonchev–Trinajstić information content (AvgIpc) is 2.73. The molecule has 0 aliphatic carbocycles. The first kappa shape index (κ1) is 12.5. The maximum atomic E-state index is 11.0. The number of carbonyl (C=O) groups is 1. The van der Waals surface area contributed by atoms with E-state index in [0.29, 0.717) is 19.5 Å². The molecule has 0 saturated carbocycles. The number of hydrogen-bond donors (Lipinski definition) is 2. The number of fused-ring (bicyclic) bond motifs is 1. The van der Waals surface area contributed by atoms with E-state index in [0.717, 1.165) is 16.9 Å². The van der Waals surface area contributed by atoms with Crippen molar-refractivity contribution in [2.75, 3.05) is 13.6 Å². The van der Waals surface area contributed by atoms with Gasteiger partial charge in [-0.25, -0.2) is 9.50 Å². The molecule has 2 rings (SSSR count). The van der Waals surface area contributed by atoms with Gasteiger partial charge in [-0.05, 0) is 6.92 Å². The summed E-state index contributed by atoms with van der Waals surface area (Å²) in [7, 11) is 1.64. The molecule has 0 fully saturated rings. The molecule has 6 nitrogen and oxygen atoms in total. The summed E-state index contributed by atoms with van der Waals surface area (Å²) in [6, 6.07) is 1.93. The third-order valence-corrected chi connectivity index (χ3v) is 2.63. The Morgan fingerprint density at radius 3 is 3.11 bits per heavy atom. The zero-order valence-corrected chi connectivity index (χ0v) is 10.6. The van der Waals surface area contributed by atoms with Gasteiger partial charge in [0, 0.05) is 50.6 Å². The van der Waals surface area contributed by atoms with E-state index in [4.69, 9.17) is 0 Å². The molecule has 1 amide bonds. The van der Waals surface area contributed by atoms with E-state index in [1.807, 2.05) is 25.4 Å². The monoisotopic (exact) mass is 247 g/mol. The lowest BCUT2D eigenvalue weighted by atomic mass is 10.3. The molecule has 0 bridgehead atoms. The number of carbonyl (C=O) groups excluding carboxylic acids is 1. The van der Waals surface area contributed by atoms with Crippen molar-refractivity contribution < 1.29 is 4.79 Å². The van der Waals surface area contributed by atoms with Crippen molar-refractivity contribution in [1.29, 1.82) is 0 Å². The van der Waals surface area contributed by atoms with Gasteiger partial charge in [-0.15, -0.1) is 0 Å². The highest BCUT2D eigenvalue weighted by molar-refractivity contribution is 5.75. The second-order valence-electron chi connectivity index (χ2n) is 4.15. The summed E-state index contributed by atoms with van der Waals surface area (Å²) in [6.45, 7) is 3.27. The van der Waals surface area contributed by atoms with E-state index in [1.165, 1.54) is 0 Å². The lowest BCUT2D eigenvalue weighted by Gasteiger charge is -2.04. The van der Waals surface area contributed by atoms with E-state index < -0.39 is 0 Å². The molecule has 0 aliphatic heterocycles. The topological polar surface area (TPSA) is 71.3 Å². The average molecular weight is 247 g/mol. The molecular formula is C12H17N5O. The first-order valence-electron chi connectivity index (χ1n) is 5.91. The van der Waals surface area contributed by atoms with Crippen LogP contribution >= 0.6 is 0 Å². The summed E-state index contributed by atoms with van der Waals surface area (Å²) in [6.07, 6.45) is 4.25. The molecule has 0 atom stereocenters. The summed E-state index contributed by atoms with van der Waals surface area (Å²) >= 11 is 0. The summed E-state index contributed by atoms with van der Waals surface area (Å²) in [5.41, 5.74) is 2.84. The SMILES string of the molecule is CNC(=O)CCNCc1cnc2cc(C)nn2c1. The first-order valence-corrected chi connectivity index (χ1v) is 5.91. The largest absolute Gasteiger partial charge is 0.359 e. The minimum absolute atomic E-state index is 0.0405. The summed E-state index contributed by atoms with van der Waals surface area (Å²) in [4.78, 5) is 15.3. The Morgan fingerprint density at radius 2 is 2.33 bits per heavy atom. The Morgan fingerprint density at radius 1 is 1.50 bits per heavy atom. The van der Waals surface area contributed by atoms with E-state index >= 15 is 0 Å². The van der Waals surface area contributed by atoms with Crippen molar-refractivity contribution in [2.45, 2.75) is 19.9 Å². The standard InChI is InChI=1S/C12H17N5O/c1-9-5-11-15-7-10(8-17(11)16-9)6-14-4-3-12(18)13-2/h5,7-8,14H,3-4,6H2,1-2H3,(H,13,18). The second-order valence-corrected chi connectivity index (χ2v) is 4.15. The van der Waals surface area contributed by atoms with Gasteiger partial charge >= 0.3 is 0 Å². The molecule has 18 heavy (non-hydrogen) atoms. The smallest absolute Gasteiger partial charge is 0.221 e. The number of aryl methyl sites for hydroxylation is 1. The first-order chi connectivity index (χ1) is 8.69. The molecule has 0 radical (unpaired) electrons. The molecule has 0 aromatic carbocycles.